The van der Waals surface area contributed by atoms with Crippen molar-refractivity contribution in [3.05, 3.63) is 26.6 Å². The molecule has 0 saturated carbocycles. The average molecular weight is 387 g/mol. The van der Waals surface area contributed by atoms with E-state index in [1.54, 1.807) is 7.11 Å². The van der Waals surface area contributed by atoms with Gasteiger partial charge < -0.3 is 9.47 Å². The first-order valence-corrected chi connectivity index (χ1v) is 7.46. The Kier molecular flexibility index (Phi) is 7.51. The third-order valence-electron chi connectivity index (χ3n) is 2.20. The van der Waals surface area contributed by atoms with Crippen LogP contribution in [0.4, 0.5) is 0 Å². The van der Waals surface area contributed by atoms with Gasteiger partial charge >= 0.3 is 0 Å². The van der Waals surface area contributed by atoms with Crippen LogP contribution in [0.25, 0.3) is 0 Å². The highest BCUT2D eigenvalue weighted by molar-refractivity contribution is 9.11. The smallest absolute Gasteiger partial charge is 0.147 e. The maximum Gasteiger partial charge on any atom is 0.147 e. The van der Waals surface area contributed by atoms with Gasteiger partial charge in [0, 0.05) is 19.6 Å². The molecule has 96 valence electrons. The predicted molar refractivity (Wildman–Crippen MR) is 78.0 cm³/mol. The lowest BCUT2D eigenvalue weighted by Crippen LogP contribution is -2.01. The van der Waals surface area contributed by atoms with Crippen molar-refractivity contribution in [1.82, 2.24) is 0 Å². The molecule has 0 bridgehead atoms. The topological polar surface area (TPSA) is 18.5 Å². The van der Waals surface area contributed by atoms with Gasteiger partial charge in [-0.1, -0.05) is 0 Å². The molecule has 2 nitrogen and oxygen atoms in total. The zero-order chi connectivity index (χ0) is 12.7. The summed E-state index contributed by atoms with van der Waals surface area (Å²) in [6.07, 6.45) is 1.98. The van der Waals surface area contributed by atoms with Crippen LogP contribution in [-0.2, 0) is 10.6 Å². The van der Waals surface area contributed by atoms with Crippen molar-refractivity contribution >= 4 is 43.5 Å². The van der Waals surface area contributed by atoms with Gasteiger partial charge in [0.25, 0.3) is 0 Å². The van der Waals surface area contributed by atoms with Crippen LogP contribution in [0.2, 0.25) is 0 Å². The number of methoxy groups -OCH3 is 1. The number of alkyl halides is 1. The lowest BCUT2D eigenvalue weighted by molar-refractivity contribution is 0.184. The third kappa shape index (κ3) is 5.16. The van der Waals surface area contributed by atoms with Crippen LogP contribution in [0.5, 0.6) is 5.75 Å². The Hall–Kier alpha value is 0.230. The molecule has 17 heavy (non-hydrogen) atoms. The van der Waals surface area contributed by atoms with Gasteiger partial charge in [-0.2, -0.15) is 0 Å². The summed E-state index contributed by atoms with van der Waals surface area (Å²) in [7, 11) is 1.71. The van der Waals surface area contributed by atoms with Crippen molar-refractivity contribution < 1.29 is 9.47 Å². The van der Waals surface area contributed by atoms with E-state index in [-0.39, 0.29) is 0 Å². The van der Waals surface area contributed by atoms with Crippen molar-refractivity contribution in [2.75, 3.05) is 20.3 Å². The summed E-state index contributed by atoms with van der Waals surface area (Å²) >= 11 is 12.8. The molecular formula is C12H15Br2ClO2. The molecule has 0 spiro atoms. The van der Waals surface area contributed by atoms with E-state index >= 15 is 0 Å². The highest BCUT2D eigenvalue weighted by Gasteiger charge is 2.08. The number of ether oxygens (including phenoxy) is 2. The lowest BCUT2D eigenvalue weighted by Gasteiger charge is -2.11. The largest absolute Gasteiger partial charge is 0.491 e. The molecule has 0 aromatic heterocycles. The molecule has 5 heteroatoms. The van der Waals surface area contributed by atoms with E-state index in [0.29, 0.717) is 12.5 Å². The Bertz CT molecular complexity index is 335. The van der Waals surface area contributed by atoms with Crippen LogP contribution in [0.1, 0.15) is 18.4 Å². The summed E-state index contributed by atoms with van der Waals surface area (Å²) in [5.41, 5.74) is 1.05. The first-order chi connectivity index (χ1) is 8.19. The minimum Gasteiger partial charge on any atom is -0.491 e. The summed E-state index contributed by atoms with van der Waals surface area (Å²) in [5, 5.41) is 0. The van der Waals surface area contributed by atoms with Crippen LogP contribution in [-0.4, -0.2) is 20.3 Å². The van der Waals surface area contributed by atoms with E-state index in [0.717, 1.165) is 39.7 Å². The van der Waals surface area contributed by atoms with E-state index in [9.17, 15) is 0 Å². The molecule has 0 fully saturated rings. The first kappa shape index (κ1) is 15.3. The highest BCUT2D eigenvalue weighted by Crippen LogP contribution is 2.35. The fraction of sp³-hybridized carbons (Fsp3) is 0.500. The first-order valence-electron chi connectivity index (χ1n) is 5.34. The number of unbranched alkanes of at least 4 members (excludes halogenated alkanes) is 1. The molecule has 1 aromatic rings. The summed E-state index contributed by atoms with van der Waals surface area (Å²) < 4.78 is 12.6. The predicted octanol–water partition coefficient (Wildman–Crippen LogP) is 4.76. The van der Waals surface area contributed by atoms with Gasteiger partial charge in [-0.05, 0) is 62.4 Å². The lowest BCUT2D eigenvalue weighted by atomic mass is 10.2. The number of hydrogen-bond acceptors (Lipinski definition) is 2. The molecule has 0 saturated heterocycles. The van der Waals surface area contributed by atoms with Gasteiger partial charge in [0.2, 0.25) is 0 Å². The molecule has 0 unspecified atom stereocenters. The quantitative estimate of drug-likeness (QED) is 0.497. The van der Waals surface area contributed by atoms with Crippen LogP contribution >= 0.6 is 43.5 Å². The van der Waals surface area contributed by atoms with E-state index in [1.165, 1.54) is 0 Å². The Labute approximate surface area is 124 Å². The molecule has 0 aliphatic heterocycles. The van der Waals surface area contributed by atoms with Crippen molar-refractivity contribution in [3.63, 3.8) is 0 Å². The molecule has 0 radical (unpaired) electrons. The summed E-state index contributed by atoms with van der Waals surface area (Å²) in [4.78, 5) is 0. The highest BCUT2D eigenvalue weighted by atomic mass is 79.9. The maximum absolute atomic E-state index is 5.79. The number of benzene rings is 1. The fourth-order valence-electron chi connectivity index (χ4n) is 1.35. The Morgan fingerprint density at radius 1 is 1.12 bits per heavy atom. The van der Waals surface area contributed by atoms with Crippen molar-refractivity contribution in [2.45, 2.75) is 18.7 Å². The molecule has 0 aliphatic rings. The summed E-state index contributed by atoms with van der Waals surface area (Å²) in [6, 6.07) is 3.95. The van der Waals surface area contributed by atoms with Gasteiger partial charge in [-0.3, -0.25) is 0 Å². The van der Waals surface area contributed by atoms with Gasteiger partial charge in [0.15, 0.2) is 0 Å². The van der Waals surface area contributed by atoms with E-state index in [1.807, 2.05) is 12.1 Å². The van der Waals surface area contributed by atoms with Crippen molar-refractivity contribution in [2.24, 2.45) is 0 Å². The van der Waals surface area contributed by atoms with Gasteiger partial charge in [-0.15, -0.1) is 11.6 Å². The zero-order valence-electron chi connectivity index (χ0n) is 9.64. The minimum atomic E-state index is 0.491. The van der Waals surface area contributed by atoms with Gasteiger partial charge in [0.1, 0.15) is 5.75 Å². The molecule has 0 amide bonds. The van der Waals surface area contributed by atoms with E-state index in [2.05, 4.69) is 31.9 Å². The van der Waals surface area contributed by atoms with Crippen molar-refractivity contribution in [1.29, 1.82) is 0 Å². The average Bonchev–Trinajstić information content (AvgIpc) is 2.31. The fourth-order valence-corrected chi connectivity index (χ4v) is 3.01. The SMILES string of the molecule is COCCCCOc1c(Br)cc(CCl)cc1Br. The standard InChI is InChI=1S/C12H15Br2ClO2/c1-16-4-2-3-5-17-12-10(13)6-9(8-15)7-11(12)14/h6-7H,2-5,8H2,1H3. The van der Waals surface area contributed by atoms with E-state index < -0.39 is 0 Å². The van der Waals surface area contributed by atoms with Crippen LogP contribution in [0, 0.1) is 0 Å². The second-order valence-electron chi connectivity index (χ2n) is 3.57. The monoisotopic (exact) mass is 384 g/mol. The second kappa shape index (κ2) is 8.35. The van der Waals surface area contributed by atoms with Crippen LogP contribution in [0.15, 0.2) is 21.1 Å². The summed E-state index contributed by atoms with van der Waals surface area (Å²) in [5.74, 6) is 1.32. The number of hydrogen-bond donors (Lipinski definition) is 0. The molecule has 0 heterocycles. The maximum atomic E-state index is 5.79. The van der Waals surface area contributed by atoms with Gasteiger partial charge in [-0.25, -0.2) is 0 Å². The Morgan fingerprint density at radius 3 is 2.24 bits per heavy atom. The number of rotatable bonds is 7. The molecular weight excluding hydrogens is 371 g/mol. The number of halogens is 3. The van der Waals surface area contributed by atoms with Gasteiger partial charge in [0.05, 0.1) is 15.6 Å². The summed E-state index contributed by atoms with van der Waals surface area (Å²) in [6.45, 7) is 1.46. The Morgan fingerprint density at radius 2 is 1.71 bits per heavy atom. The van der Waals surface area contributed by atoms with Crippen LogP contribution in [0.3, 0.4) is 0 Å². The minimum absolute atomic E-state index is 0.491. The second-order valence-corrected chi connectivity index (χ2v) is 5.55. The Balaban J connectivity index is 2.53. The zero-order valence-corrected chi connectivity index (χ0v) is 13.6. The molecule has 1 rings (SSSR count). The molecule has 0 N–H and O–H groups in total. The van der Waals surface area contributed by atoms with Crippen LogP contribution < -0.4 is 4.74 Å². The molecule has 0 aliphatic carbocycles. The van der Waals surface area contributed by atoms with E-state index in [4.69, 9.17) is 21.1 Å². The third-order valence-corrected chi connectivity index (χ3v) is 3.69. The molecule has 0 atom stereocenters. The normalized spacial score (nSPS) is 10.6. The van der Waals surface area contributed by atoms with Crippen molar-refractivity contribution in [3.8, 4) is 5.75 Å². The molecule has 1 aromatic carbocycles.